The number of hydrogen-bond donors (Lipinski definition) is 3. The van der Waals surface area contributed by atoms with Crippen LogP contribution in [0.2, 0.25) is 0 Å². The fourth-order valence-electron chi connectivity index (χ4n) is 2.12. The number of rotatable bonds is 4. The number of benzene rings is 1. The van der Waals surface area contributed by atoms with E-state index in [2.05, 4.69) is 22.4 Å². The SMILES string of the molecule is CCC(Nc1c(C)n[nH]c1C)c1ccccc1O. The molecule has 1 unspecified atom stereocenters. The molecule has 2 aromatic rings. The third kappa shape index (κ3) is 2.32. The van der Waals surface area contributed by atoms with E-state index in [0.717, 1.165) is 29.1 Å². The molecule has 1 aromatic carbocycles. The Bertz CT molecular complexity index is 514. The molecule has 0 amide bonds. The van der Waals surface area contributed by atoms with E-state index in [0.29, 0.717) is 5.75 Å². The first-order chi connectivity index (χ1) is 8.63. The summed E-state index contributed by atoms with van der Waals surface area (Å²) < 4.78 is 0. The summed E-state index contributed by atoms with van der Waals surface area (Å²) in [5, 5.41) is 20.5. The van der Waals surface area contributed by atoms with Crippen molar-refractivity contribution in [2.75, 3.05) is 5.32 Å². The molecule has 0 aliphatic carbocycles. The fourth-order valence-corrected chi connectivity index (χ4v) is 2.12. The summed E-state index contributed by atoms with van der Waals surface area (Å²) in [5.74, 6) is 0.329. The number of nitrogens with zero attached hydrogens (tertiary/aromatic N) is 1. The summed E-state index contributed by atoms with van der Waals surface area (Å²) in [6, 6.07) is 7.52. The van der Waals surface area contributed by atoms with Crippen LogP contribution in [0.5, 0.6) is 5.75 Å². The zero-order chi connectivity index (χ0) is 13.1. The molecule has 1 aromatic heterocycles. The number of phenolic OH excluding ortho intramolecular Hbond substituents is 1. The highest BCUT2D eigenvalue weighted by molar-refractivity contribution is 5.54. The van der Waals surface area contributed by atoms with Gasteiger partial charge in [0.15, 0.2) is 0 Å². The van der Waals surface area contributed by atoms with E-state index in [1.54, 1.807) is 6.07 Å². The van der Waals surface area contributed by atoms with Gasteiger partial charge in [-0.05, 0) is 26.3 Å². The zero-order valence-electron chi connectivity index (χ0n) is 11.0. The van der Waals surface area contributed by atoms with Gasteiger partial charge in [0, 0.05) is 5.56 Å². The van der Waals surface area contributed by atoms with Crippen LogP contribution in [0.4, 0.5) is 5.69 Å². The van der Waals surface area contributed by atoms with Crippen molar-refractivity contribution in [1.29, 1.82) is 0 Å². The largest absolute Gasteiger partial charge is 0.508 e. The van der Waals surface area contributed by atoms with Gasteiger partial charge in [-0.25, -0.2) is 0 Å². The summed E-state index contributed by atoms with van der Waals surface area (Å²) >= 11 is 0. The molecular weight excluding hydrogens is 226 g/mol. The summed E-state index contributed by atoms with van der Waals surface area (Å²) in [5.41, 5.74) is 3.90. The Morgan fingerprint density at radius 3 is 2.61 bits per heavy atom. The lowest BCUT2D eigenvalue weighted by atomic mass is 10.0. The molecule has 4 nitrogen and oxygen atoms in total. The Morgan fingerprint density at radius 2 is 2.06 bits per heavy atom. The van der Waals surface area contributed by atoms with Crippen molar-refractivity contribution >= 4 is 5.69 Å². The maximum atomic E-state index is 9.92. The molecular formula is C14H19N3O. The first kappa shape index (κ1) is 12.5. The second-order valence-electron chi connectivity index (χ2n) is 4.47. The number of hydrogen-bond acceptors (Lipinski definition) is 3. The normalized spacial score (nSPS) is 12.4. The third-order valence-electron chi connectivity index (χ3n) is 3.17. The minimum absolute atomic E-state index is 0.0844. The van der Waals surface area contributed by atoms with Gasteiger partial charge in [-0.3, -0.25) is 5.10 Å². The number of nitrogens with one attached hydrogen (secondary N) is 2. The van der Waals surface area contributed by atoms with Crippen LogP contribution in [0.3, 0.4) is 0 Å². The van der Waals surface area contributed by atoms with E-state index in [1.807, 2.05) is 32.0 Å². The van der Waals surface area contributed by atoms with Gasteiger partial charge in [-0.15, -0.1) is 0 Å². The molecule has 0 saturated carbocycles. The first-order valence-corrected chi connectivity index (χ1v) is 6.19. The summed E-state index contributed by atoms with van der Waals surface area (Å²) in [6.07, 6.45) is 0.891. The molecule has 0 aliphatic rings. The molecule has 0 bridgehead atoms. The van der Waals surface area contributed by atoms with E-state index in [-0.39, 0.29) is 6.04 Å². The highest BCUT2D eigenvalue weighted by Gasteiger charge is 2.16. The quantitative estimate of drug-likeness (QED) is 0.774. The van der Waals surface area contributed by atoms with Crippen LogP contribution < -0.4 is 5.32 Å². The molecule has 4 heteroatoms. The number of anilines is 1. The Morgan fingerprint density at radius 1 is 1.33 bits per heavy atom. The highest BCUT2D eigenvalue weighted by atomic mass is 16.3. The second-order valence-corrected chi connectivity index (χ2v) is 4.47. The van der Waals surface area contributed by atoms with Gasteiger partial charge in [-0.1, -0.05) is 25.1 Å². The van der Waals surface area contributed by atoms with Crippen LogP contribution >= 0.6 is 0 Å². The summed E-state index contributed by atoms with van der Waals surface area (Å²) in [6.45, 7) is 6.04. The van der Waals surface area contributed by atoms with Crippen molar-refractivity contribution in [2.45, 2.75) is 33.2 Å². The number of aromatic nitrogens is 2. The monoisotopic (exact) mass is 245 g/mol. The second kappa shape index (κ2) is 5.12. The maximum absolute atomic E-state index is 9.92. The van der Waals surface area contributed by atoms with E-state index in [4.69, 9.17) is 0 Å². The number of aromatic hydroxyl groups is 1. The minimum Gasteiger partial charge on any atom is -0.508 e. The van der Waals surface area contributed by atoms with Crippen LogP contribution in [0.15, 0.2) is 24.3 Å². The fraction of sp³-hybridized carbons (Fsp3) is 0.357. The Balaban J connectivity index is 2.28. The zero-order valence-corrected chi connectivity index (χ0v) is 11.0. The molecule has 3 N–H and O–H groups in total. The van der Waals surface area contributed by atoms with Crippen molar-refractivity contribution in [3.63, 3.8) is 0 Å². The van der Waals surface area contributed by atoms with Crippen LogP contribution in [0.25, 0.3) is 0 Å². The van der Waals surface area contributed by atoms with E-state index in [9.17, 15) is 5.11 Å². The summed E-state index contributed by atoms with van der Waals surface area (Å²) in [4.78, 5) is 0. The minimum atomic E-state index is 0.0844. The number of para-hydroxylation sites is 1. The van der Waals surface area contributed by atoms with Crippen molar-refractivity contribution in [2.24, 2.45) is 0 Å². The average Bonchev–Trinajstić information content (AvgIpc) is 2.68. The molecule has 0 saturated heterocycles. The van der Waals surface area contributed by atoms with Gasteiger partial charge in [0.1, 0.15) is 5.75 Å². The molecule has 1 atom stereocenters. The lowest BCUT2D eigenvalue weighted by Gasteiger charge is -2.19. The number of aromatic amines is 1. The lowest BCUT2D eigenvalue weighted by Crippen LogP contribution is -2.10. The predicted molar refractivity (Wildman–Crippen MR) is 72.8 cm³/mol. The topological polar surface area (TPSA) is 60.9 Å². The number of phenols is 1. The molecule has 2 rings (SSSR count). The molecule has 0 spiro atoms. The van der Waals surface area contributed by atoms with Crippen LogP contribution in [0.1, 0.15) is 36.3 Å². The average molecular weight is 245 g/mol. The highest BCUT2D eigenvalue weighted by Crippen LogP contribution is 2.30. The molecule has 0 aliphatic heterocycles. The van der Waals surface area contributed by atoms with Gasteiger partial charge >= 0.3 is 0 Å². The van der Waals surface area contributed by atoms with Gasteiger partial charge in [0.2, 0.25) is 0 Å². The Labute approximate surface area is 107 Å². The number of H-pyrrole nitrogens is 1. The smallest absolute Gasteiger partial charge is 0.120 e. The van der Waals surface area contributed by atoms with E-state index < -0.39 is 0 Å². The van der Waals surface area contributed by atoms with Crippen LogP contribution in [-0.2, 0) is 0 Å². The van der Waals surface area contributed by atoms with Crippen molar-refractivity contribution in [3.8, 4) is 5.75 Å². The first-order valence-electron chi connectivity index (χ1n) is 6.19. The van der Waals surface area contributed by atoms with Gasteiger partial charge in [-0.2, -0.15) is 5.10 Å². The molecule has 0 fully saturated rings. The third-order valence-corrected chi connectivity index (χ3v) is 3.17. The predicted octanol–water partition coefficient (Wildman–Crippen LogP) is 3.30. The molecule has 0 radical (unpaired) electrons. The maximum Gasteiger partial charge on any atom is 0.120 e. The van der Waals surface area contributed by atoms with Crippen molar-refractivity contribution < 1.29 is 5.11 Å². The Kier molecular flexibility index (Phi) is 3.55. The van der Waals surface area contributed by atoms with E-state index in [1.165, 1.54) is 0 Å². The van der Waals surface area contributed by atoms with Gasteiger partial charge < -0.3 is 10.4 Å². The van der Waals surface area contributed by atoms with Crippen LogP contribution in [-0.4, -0.2) is 15.3 Å². The van der Waals surface area contributed by atoms with Crippen LogP contribution in [0, 0.1) is 13.8 Å². The molecule has 96 valence electrons. The van der Waals surface area contributed by atoms with Gasteiger partial charge in [0.25, 0.3) is 0 Å². The van der Waals surface area contributed by atoms with Gasteiger partial charge in [0.05, 0.1) is 23.1 Å². The van der Waals surface area contributed by atoms with Crippen molar-refractivity contribution in [1.82, 2.24) is 10.2 Å². The molecule has 18 heavy (non-hydrogen) atoms. The Hall–Kier alpha value is -1.97. The number of aryl methyl sites for hydroxylation is 2. The standard InChI is InChI=1S/C14H19N3O/c1-4-12(11-7-5-6-8-13(11)18)15-14-9(2)16-17-10(14)3/h5-8,12,15,18H,4H2,1-3H3,(H,16,17). The van der Waals surface area contributed by atoms with E-state index >= 15 is 0 Å². The molecule has 1 heterocycles. The lowest BCUT2D eigenvalue weighted by molar-refractivity contribution is 0.462. The summed E-state index contributed by atoms with van der Waals surface area (Å²) in [7, 11) is 0. The van der Waals surface area contributed by atoms with Crippen molar-refractivity contribution in [3.05, 3.63) is 41.2 Å².